The molecule has 13 aromatic rings. The number of nitrogens with zero attached hydrogens (tertiary/aromatic N) is 8. The van der Waals surface area contributed by atoms with E-state index in [0.717, 1.165) is 105 Å². The third-order valence-electron chi connectivity index (χ3n) is 17.7. The molecule has 90 heavy (non-hydrogen) atoms. The zero-order valence-corrected chi connectivity index (χ0v) is 53.2. The minimum Gasteiger partial charge on any atom is -0.309 e. The van der Waals surface area contributed by atoms with Gasteiger partial charge in [-0.1, -0.05) is 198 Å². The average molecular weight is 1170 g/mol. The largest absolute Gasteiger partial charge is 0.309 e. The van der Waals surface area contributed by atoms with Crippen molar-refractivity contribution < 1.29 is 0 Å². The van der Waals surface area contributed by atoms with Gasteiger partial charge in [-0.2, -0.15) is 10.5 Å². The summed E-state index contributed by atoms with van der Waals surface area (Å²) < 4.78 is 4.75. The summed E-state index contributed by atoms with van der Waals surface area (Å²) in [6.45, 7) is 35.2. The molecule has 0 saturated carbocycles. The third-order valence-corrected chi connectivity index (χ3v) is 17.7. The van der Waals surface area contributed by atoms with Crippen LogP contribution in [0.5, 0.6) is 0 Å². The Morgan fingerprint density at radius 1 is 0.333 bits per heavy atom. The van der Waals surface area contributed by atoms with Crippen LogP contribution in [-0.2, 0) is 21.7 Å². The summed E-state index contributed by atoms with van der Waals surface area (Å²) in [6.07, 6.45) is 0. The molecule has 10 aromatic carbocycles. The fourth-order valence-corrected chi connectivity index (χ4v) is 12.6. The van der Waals surface area contributed by atoms with Gasteiger partial charge in [0.2, 0.25) is 0 Å². The Balaban J connectivity index is 1.11. The molecule has 3 aromatic heterocycles. The Labute approximate surface area is 527 Å². The molecule has 438 valence electrons. The molecule has 0 unspecified atom stereocenters. The Bertz CT molecular complexity index is 4800. The van der Waals surface area contributed by atoms with E-state index < -0.39 is 0 Å². The number of hydrogen-bond acceptors (Lipinski definition) is 5. The second-order valence-corrected chi connectivity index (χ2v) is 28.0. The van der Waals surface area contributed by atoms with E-state index in [-0.39, 0.29) is 21.7 Å². The molecule has 0 aliphatic rings. The van der Waals surface area contributed by atoms with Crippen molar-refractivity contribution in [2.45, 2.75) is 105 Å². The van der Waals surface area contributed by atoms with Crippen molar-refractivity contribution in [3.8, 4) is 91.1 Å². The Morgan fingerprint density at radius 2 is 0.689 bits per heavy atom. The molecule has 8 heteroatoms. The zero-order chi connectivity index (χ0) is 63.2. The van der Waals surface area contributed by atoms with Crippen molar-refractivity contribution in [3.05, 3.63) is 251 Å². The lowest BCUT2D eigenvalue weighted by Crippen LogP contribution is -2.10. The number of nitriles is 2. The van der Waals surface area contributed by atoms with Gasteiger partial charge in [0.05, 0.1) is 63.3 Å². The molecule has 0 aliphatic heterocycles. The lowest BCUT2D eigenvalue weighted by Gasteiger charge is -2.20. The van der Waals surface area contributed by atoms with Crippen molar-refractivity contribution in [2.75, 3.05) is 0 Å². The summed E-state index contributed by atoms with van der Waals surface area (Å²) in [5, 5.41) is 25.1. The van der Waals surface area contributed by atoms with Gasteiger partial charge in [-0.25, -0.2) is 19.8 Å². The monoisotopic (exact) mass is 1170 g/mol. The molecule has 8 nitrogen and oxygen atoms in total. The minimum absolute atomic E-state index is 0.0971. The normalized spacial score (nSPS) is 12.2. The van der Waals surface area contributed by atoms with Crippen molar-refractivity contribution in [2.24, 2.45) is 0 Å². The highest BCUT2D eigenvalue weighted by Gasteiger charge is 2.27. The molecule has 3 heterocycles. The molecular weight excluding hydrogens is 1100 g/mol. The first-order chi connectivity index (χ1) is 43.0. The lowest BCUT2D eigenvalue weighted by molar-refractivity contribution is 0.590. The Hall–Kier alpha value is -10.7. The zero-order valence-electron chi connectivity index (χ0n) is 53.2. The quantitative estimate of drug-likeness (QED) is 0.141. The van der Waals surface area contributed by atoms with Gasteiger partial charge < -0.3 is 9.13 Å². The van der Waals surface area contributed by atoms with Crippen LogP contribution in [0.4, 0.5) is 5.69 Å². The fraction of sp³-hybridized carbons (Fsp3) is 0.195. The van der Waals surface area contributed by atoms with Gasteiger partial charge in [-0.3, -0.25) is 0 Å². The Kier molecular flexibility index (Phi) is 14.2. The second-order valence-electron chi connectivity index (χ2n) is 28.0. The highest BCUT2D eigenvalue weighted by molar-refractivity contribution is 6.12. The van der Waals surface area contributed by atoms with Gasteiger partial charge in [0.1, 0.15) is 0 Å². The van der Waals surface area contributed by atoms with Crippen molar-refractivity contribution >= 4 is 49.3 Å². The van der Waals surface area contributed by atoms with Crippen LogP contribution in [0.3, 0.4) is 0 Å². The molecule has 0 saturated heterocycles. The topological polar surface area (TPSA) is 100 Å². The summed E-state index contributed by atoms with van der Waals surface area (Å²) in [4.78, 5) is 20.5. The smallest absolute Gasteiger partial charge is 0.187 e. The van der Waals surface area contributed by atoms with Crippen LogP contribution in [-0.4, -0.2) is 24.1 Å². The maximum Gasteiger partial charge on any atom is 0.187 e. The Morgan fingerprint density at radius 3 is 1.07 bits per heavy atom. The van der Waals surface area contributed by atoms with Crippen molar-refractivity contribution in [1.82, 2.24) is 24.1 Å². The van der Waals surface area contributed by atoms with Gasteiger partial charge in [0, 0.05) is 49.4 Å². The van der Waals surface area contributed by atoms with Crippen LogP contribution in [0.25, 0.3) is 127 Å². The number of aromatic nitrogens is 5. The molecule has 0 fully saturated rings. The fourth-order valence-electron chi connectivity index (χ4n) is 12.6. The van der Waals surface area contributed by atoms with E-state index in [1.165, 1.54) is 22.3 Å². The van der Waals surface area contributed by atoms with Crippen LogP contribution in [0.1, 0.15) is 116 Å². The first-order valence-corrected chi connectivity index (χ1v) is 30.8. The molecular formula is C82H70N8. The number of benzene rings is 10. The van der Waals surface area contributed by atoms with Crippen LogP contribution in [0.2, 0.25) is 0 Å². The molecule has 0 aliphatic carbocycles. The standard InChI is InChI=1S/C82H70N8/c1-79(2,3)57-29-35-70-66(44-57)67-45-58(80(4,5)6)30-36-71(67)89(70)74-42-55(27-33-63(74)53-22-17-20-51(40-53)49-84)76-86-77(88-78(87-76)65-26-15-14-25-62(65)52-21-16-19-50(39-52)48-83)56-28-34-64(54-23-18-24-61(41-54)85-13)75(43-56)90-72-37-31-59(81(7,8)9)46-68(72)69-47-60(82(10,11)12)32-38-73(69)90/h14-47H,1-12H3. The van der Waals surface area contributed by atoms with Crippen LogP contribution >= 0.6 is 0 Å². The van der Waals surface area contributed by atoms with Crippen molar-refractivity contribution in [1.29, 1.82) is 10.5 Å². The van der Waals surface area contributed by atoms with Crippen LogP contribution in [0, 0.1) is 29.2 Å². The SMILES string of the molecule is [C-]#[N+]c1cccc(-c2ccc(-c3nc(-c4ccc(-c5cccc(C#N)c5)c(-n5c6ccc(C(C)(C)C)cc6c6cc(C(C)(C)C)ccc65)c4)nc(-c4ccccc4-c4cccc(C#N)c4)n3)cc2-n2c3ccc(C(C)(C)C)cc3c3cc(C(C)(C)C)ccc32)c1. The van der Waals surface area contributed by atoms with Gasteiger partial charge in [-0.05, 0) is 157 Å². The maximum atomic E-state index is 10.3. The number of hydrogen-bond donors (Lipinski definition) is 0. The summed E-state index contributed by atoms with van der Waals surface area (Å²) in [5.74, 6) is 1.37. The van der Waals surface area contributed by atoms with E-state index >= 15 is 0 Å². The summed E-state index contributed by atoms with van der Waals surface area (Å²) in [5.41, 5.74) is 19.9. The number of rotatable bonds is 8. The highest BCUT2D eigenvalue weighted by atomic mass is 15.0. The van der Waals surface area contributed by atoms with E-state index in [1.54, 1.807) is 0 Å². The molecule has 0 radical (unpaired) electrons. The molecule has 0 N–H and O–H groups in total. The first-order valence-electron chi connectivity index (χ1n) is 30.8. The van der Waals surface area contributed by atoms with E-state index in [0.29, 0.717) is 34.3 Å². The van der Waals surface area contributed by atoms with Gasteiger partial charge in [-0.15, -0.1) is 0 Å². The highest BCUT2D eigenvalue weighted by Crippen LogP contribution is 2.45. The summed E-state index contributed by atoms with van der Waals surface area (Å²) >= 11 is 0. The van der Waals surface area contributed by atoms with Gasteiger partial charge >= 0.3 is 0 Å². The van der Waals surface area contributed by atoms with Gasteiger partial charge in [0.25, 0.3) is 0 Å². The molecule has 13 rings (SSSR count). The second kappa shape index (κ2) is 21.8. The van der Waals surface area contributed by atoms with Crippen LogP contribution < -0.4 is 0 Å². The predicted molar refractivity (Wildman–Crippen MR) is 372 cm³/mol. The minimum atomic E-state index is -0.0986. The lowest BCUT2D eigenvalue weighted by atomic mass is 9.85. The van der Waals surface area contributed by atoms with E-state index in [2.05, 4.69) is 237 Å². The third kappa shape index (κ3) is 10.6. The van der Waals surface area contributed by atoms with E-state index in [1.807, 2.05) is 78.9 Å². The predicted octanol–water partition coefficient (Wildman–Crippen LogP) is 21.6. The molecule has 0 bridgehead atoms. The van der Waals surface area contributed by atoms with E-state index in [9.17, 15) is 10.5 Å². The van der Waals surface area contributed by atoms with Crippen LogP contribution in [0.15, 0.2) is 206 Å². The molecule has 0 atom stereocenters. The van der Waals surface area contributed by atoms with Crippen molar-refractivity contribution in [3.63, 3.8) is 0 Å². The maximum absolute atomic E-state index is 10.3. The molecule has 0 amide bonds. The summed E-state index contributed by atoms with van der Waals surface area (Å²) in [7, 11) is 0. The first kappa shape index (κ1) is 58.3. The van der Waals surface area contributed by atoms with Gasteiger partial charge in [0.15, 0.2) is 23.2 Å². The molecule has 0 spiro atoms. The average Bonchev–Trinajstić information content (AvgIpc) is 1.58. The van der Waals surface area contributed by atoms with E-state index in [4.69, 9.17) is 21.5 Å². The summed E-state index contributed by atoms with van der Waals surface area (Å²) in [6, 6.07) is 76.5. The number of fused-ring (bicyclic) bond motifs is 6.